The summed E-state index contributed by atoms with van der Waals surface area (Å²) >= 11 is 0. The van der Waals surface area contributed by atoms with E-state index >= 15 is 0 Å². The second-order valence-corrected chi connectivity index (χ2v) is 7.50. The van der Waals surface area contributed by atoms with Crippen molar-refractivity contribution in [1.29, 1.82) is 0 Å². The first-order valence-electron chi connectivity index (χ1n) is 6.37. The molecule has 5 nitrogen and oxygen atoms in total. The molecule has 3 fully saturated rings. The number of amides is 1. The quantitative estimate of drug-likeness (QED) is 0.718. The highest BCUT2D eigenvalue weighted by atomic mass is 32.2. The molecule has 0 aromatic rings. The molecule has 0 aromatic heterocycles. The fraction of sp³-hybridized carbons (Fsp3) is 0.909. The van der Waals surface area contributed by atoms with Gasteiger partial charge in [-0.05, 0) is 25.7 Å². The fourth-order valence-corrected chi connectivity index (χ4v) is 4.50. The van der Waals surface area contributed by atoms with Crippen LogP contribution in [0.15, 0.2) is 0 Å². The number of carbonyl (C=O) groups excluding carboxylic acids is 1. The van der Waals surface area contributed by atoms with Crippen LogP contribution in [0.2, 0.25) is 0 Å². The molecule has 0 N–H and O–H groups in total. The number of likely N-dealkylation sites (tertiary alicyclic amines) is 1. The van der Waals surface area contributed by atoms with E-state index in [1.54, 1.807) is 0 Å². The maximum Gasteiger partial charge on any atom is 0.228 e. The van der Waals surface area contributed by atoms with Gasteiger partial charge in [-0.25, -0.2) is 8.42 Å². The number of hydrogen-bond donors (Lipinski definition) is 0. The van der Waals surface area contributed by atoms with Crippen LogP contribution in [-0.2, 0) is 14.8 Å². The minimum Gasteiger partial charge on any atom is -0.342 e. The molecule has 0 radical (unpaired) electrons. The zero-order valence-electron chi connectivity index (χ0n) is 9.84. The summed E-state index contributed by atoms with van der Waals surface area (Å²) in [6.45, 7) is 2.53. The Hall–Kier alpha value is -0.620. The highest BCUT2D eigenvalue weighted by molar-refractivity contribution is 7.90. The van der Waals surface area contributed by atoms with Crippen molar-refractivity contribution in [2.75, 3.05) is 26.2 Å². The van der Waals surface area contributed by atoms with Crippen molar-refractivity contribution < 1.29 is 13.2 Å². The van der Waals surface area contributed by atoms with E-state index in [1.165, 1.54) is 4.31 Å². The van der Waals surface area contributed by atoms with Crippen LogP contribution in [-0.4, -0.2) is 55.0 Å². The standard InChI is InChI=1S/C11H18N2O3S/c14-11(12-5-1-2-6-12)9-7-13(8-9)17(15,16)10-3-4-10/h9-10H,1-8H2. The van der Waals surface area contributed by atoms with Crippen LogP contribution in [0.5, 0.6) is 0 Å². The average molecular weight is 258 g/mol. The van der Waals surface area contributed by atoms with Crippen molar-refractivity contribution in [2.24, 2.45) is 5.92 Å². The number of hydrogen-bond acceptors (Lipinski definition) is 3. The van der Waals surface area contributed by atoms with Gasteiger partial charge in [-0.15, -0.1) is 0 Å². The summed E-state index contributed by atoms with van der Waals surface area (Å²) in [7, 11) is -3.06. The van der Waals surface area contributed by atoms with Crippen LogP contribution >= 0.6 is 0 Å². The molecule has 0 spiro atoms. The zero-order valence-corrected chi connectivity index (χ0v) is 10.7. The molecule has 3 rings (SSSR count). The van der Waals surface area contributed by atoms with E-state index in [0.717, 1.165) is 38.8 Å². The molecule has 0 bridgehead atoms. The lowest BCUT2D eigenvalue weighted by molar-refractivity contribution is -0.137. The number of carbonyl (C=O) groups is 1. The lowest BCUT2D eigenvalue weighted by Crippen LogP contribution is -2.56. The molecule has 1 aliphatic carbocycles. The second kappa shape index (κ2) is 3.95. The highest BCUT2D eigenvalue weighted by Crippen LogP contribution is 2.35. The second-order valence-electron chi connectivity index (χ2n) is 5.29. The zero-order chi connectivity index (χ0) is 12.0. The largest absolute Gasteiger partial charge is 0.342 e. The summed E-state index contributed by atoms with van der Waals surface area (Å²) < 4.78 is 25.2. The van der Waals surface area contributed by atoms with Crippen molar-refractivity contribution in [1.82, 2.24) is 9.21 Å². The monoisotopic (exact) mass is 258 g/mol. The Balaban J connectivity index is 1.55. The molecule has 1 amide bonds. The van der Waals surface area contributed by atoms with Gasteiger partial charge >= 0.3 is 0 Å². The minimum atomic E-state index is -3.06. The molecule has 0 unspecified atom stereocenters. The summed E-state index contributed by atoms with van der Waals surface area (Å²) in [5.74, 6) is 0.0753. The van der Waals surface area contributed by atoms with Gasteiger partial charge < -0.3 is 4.90 Å². The van der Waals surface area contributed by atoms with Crippen LogP contribution in [0, 0.1) is 5.92 Å². The Bertz CT molecular complexity index is 418. The molecule has 96 valence electrons. The smallest absolute Gasteiger partial charge is 0.228 e. The summed E-state index contributed by atoms with van der Waals surface area (Å²) in [5.41, 5.74) is 0. The van der Waals surface area contributed by atoms with E-state index in [2.05, 4.69) is 0 Å². The molecule has 2 saturated heterocycles. The Labute approximate surface area is 102 Å². The van der Waals surface area contributed by atoms with Crippen molar-refractivity contribution in [3.63, 3.8) is 0 Å². The summed E-state index contributed by atoms with van der Waals surface area (Å²) in [6.07, 6.45) is 3.76. The first-order valence-corrected chi connectivity index (χ1v) is 7.87. The predicted molar refractivity (Wildman–Crippen MR) is 62.8 cm³/mol. The molecule has 3 aliphatic rings. The van der Waals surface area contributed by atoms with Crippen LogP contribution < -0.4 is 0 Å². The summed E-state index contributed by atoms with van der Waals surface area (Å²) in [4.78, 5) is 13.9. The van der Waals surface area contributed by atoms with Crippen LogP contribution in [0.1, 0.15) is 25.7 Å². The average Bonchev–Trinajstić information content (AvgIpc) is 2.93. The van der Waals surface area contributed by atoms with Crippen molar-refractivity contribution in [3.8, 4) is 0 Å². The van der Waals surface area contributed by atoms with E-state index in [4.69, 9.17) is 0 Å². The van der Waals surface area contributed by atoms with E-state index in [9.17, 15) is 13.2 Å². The molecular formula is C11H18N2O3S. The Kier molecular flexibility index (Phi) is 2.66. The summed E-state index contributed by atoms with van der Waals surface area (Å²) in [6, 6.07) is 0. The number of rotatable bonds is 3. The first kappa shape index (κ1) is 11.5. The van der Waals surface area contributed by atoms with Gasteiger partial charge in [-0.2, -0.15) is 4.31 Å². The van der Waals surface area contributed by atoms with E-state index in [-0.39, 0.29) is 17.1 Å². The van der Waals surface area contributed by atoms with E-state index in [0.29, 0.717) is 13.1 Å². The number of sulfonamides is 1. The molecule has 6 heteroatoms. The molecule has 2 aliphatic heterocycles. The van der Waals surface area contributed by atoms with Crippen LogP contribution in [0.3, 0.4) is 0 Å². The fourth-order valence-electron chi connectivity index (χ4n) is 2.57. The predicted octanol–water partition coefficient (Wildman–Crippen LogP) is 0.0328. The molecular weight excluding hydrogens is 240 g/mol. The third-order valence-electron chi connectivity index (χ3n) is 3.92. The SMILES string of the molecule is O=C(C1CN(S(=O)(=O)C2CC2)C1)N1CCCC1. The normalized spacial score (nSPS) is 27.2. The Morgan fingerprint density at radius 3 is 2.18 bits per heavy atom. The van der Waals surface area contributed by atoms with Gasteiger partial charge in [-0.1, -0.05) is 0 Å². The maximum atomic E-state index is 12.0. The molecule has 1 saturated carbocycles. The number of nitrogens with zero attached hydrogens (tertiary/aromatic N) is 2. The van der Waals surface area contributed by atoms with Gasteiger partial charge in [0, 0.05) is 26.2 Å². The van der Waals surface area contributed by atoms with Gasteiger partial charge in [0.05, 0.1) is 11.2 Å². The lowest BCUT2D eigenvalue weighted by Gasteiger charge is -2.38. The van der Waals surface area contributed by atoms with Crippen molar-refractivity contribution >= 4 is 15.9 Å². The van der Waals surface area contributed by atoms with Gasteiger partial charge in [0.2, 0.25) is 15.9 Å². The van der Waals surface area contributed by atoms with Gasteiger partial charge in [0.25, 0.3) is 0 Å². The van der Waals surface area contributed by atoms with Gasteiger partial charge in [0.15, 0.2) is 0 Å². The Morgan fingerprint density at radius 1 is 1.06 bits per heavy atom. The molecule has 2 heterocycles. The highest BCUT2D eigenvalue weighted by Gasteiger charge is 2.47. The topological polar surface area (TPSA) is 57.7 Å². The maximum absolute atomic E-state index is 12.0. The lowest BCUT2D eigenvalue weighted by atomic mass is 10.0. The van der Waals surface area contributed by atoms with Crippen molar-refractivity contribution in [3.05, 3.63) is 0 Å². The molecule has 17 heavy (non-hydrogen) atoms. The third kappa shape index (κ3) is 1.97. The third-order valence-corrected chi connectivity index (χ3v) is 6.25. The first-order chi connectivity index (χ1) is 8.09. The minimum absolute atomic E-state index is 0.0818. The summed E-state index contributed by atoms with van der Waals surface area (Å²) in [5, 5.41) is -0.148. The van der Waals surface area contributed by atoms with E-state index < -0.39 is 10.0 Å². The molecule has 0 aromatic carbocycles. The van der Waals surface area contributed by atoms with Crippen LogP contribution in [0.4, 0.5) is 0 Å². The Morgan fingerprint density at radius 2 is 1.65 bits per heavy atom. The van der Waals surface area contributed by atoms with Gasteiger partial charge in [0.1, 0.15) is 0 Å². The van der Waals surface area contributed by atoms with Crippen molar-refractivity contribution in [2.45, 2.75) is 30.9 Å². The van der Waals surface area contributed by atoms with Crippen LogP contribution in [0.25, 0.3) is 0 Å². The molecule has 0 atom stereocenters. The van der Waals surface area contributed by atoms with E-state index in [1.807, 2.05) is 4.90 Å². The van der Waals surface area contributed by atoms with Gasteiger partial charge in [-0.3, -0.25) is 4.79 Å².